The van der Waals surface area contributed by atoms with Gasteiger partial charge in [0.1, 0.15) is 0 Å². The molecular formula is C15H20OS. The molecule has 0 spiro atoms. The van der Waals surface area contributed by atoms with E-state index in [1.54, 1.807) is 6.92 Å². The monoisotopic (exact) mass is 248 g/mol. The molecule has 0 aromatic carbocycles. The molecule has 1 aromatic heterocycles. The highest BCUT2D eigenvalue weighted by Crippen LogP contribution is 2.23. The maximum Gasteiger partial charge on any atom is 0.170 e. The highest BCUT2D eigenvalue weighted by Gasteiger charge is 2.10. The van der Waals surface area contributed by atoms with Gasteiger partial charge in [-0.05, 0) is 31.4 Å². The van der Waals surface area contributed by atoms with Crippen molar-refractivity contribution < 1.29 is 4.79 Å². The summed E-state index contributed by atoms with van der Waals surface area (Å²) in [7, 11) is 0. The largest absolute Gasteiger partial charge is 0.294 e. The van der Waals surface area contributed by atoms with E-state index >= 15 is 0 Å². The molecule has 17 heavy (non-hydrogen) atoms. The van der Waals surface area contributed by atoms with Crippen molar-refractivity contribution in [1.82, 2.24) is 0 Å². The Morgan fingerprint density at radius 1 is 1.47 bits per heavy atom. The number of Topliss-reactive ketones (excluding diaryl/α,β-unsaturated/α-hetero) is 1. The Bertz CT molecular complexity index is 445. The molecule has 92 valence electrons. The molecule has 1 atom stereocenters. The first-order valence-electron chi connectivity index (χ1n) is 6.23. The third kappa shape index (κ3) is 4.02. The van der Waals surface area contributed by atoms with Gasteiger partial charge in [0.05, 0.1) is 9.75 Å². The molecule has 0 saturated heterocycles. The van der Waals surface area contributed by atoms with Crippen molar-refractivity contribution >= 4 is 17.1 Å². The Morgan fingerprint density at radius 3 is 2.65 bits per heavy atom. The molecule has 1 heterocycles. The van der Waals surface area contributed by atoms with E-state index in [2.05, 4.69) is 38.7 Å². The van der Waals surface area contributed by atoms with E-state index in [0.717, 1.165) is 28.2 Å². The van der Waals surface area contributed by atoms with Crippen molar-refractivity contribution in [2.24, 2.45) is 5.92 Å². The van der Waals surface area contributed by atoms with Gasteiger partial charge in [-0.1, -0.05) is 39.0 Å². The van der Waals surface area contributed by atoms with Crippen LogP contribution in [-0.4, -0.2) is 5.78 Å². The molecule has 1 unspecified atom stereocenters. The Labute approximate surface area is 108 Å². The first-order chi connectivity index (χ1) is 8.08. The van der Waals surface area contributed by atoms with Crippen LogP contribution in [-0.2, 0) is 6.42 Å². The zero-order valence-electron chi connectivity index (χ0n) is 11.1. The SMILES string of the molecule is CCCC(C)C#Cc1cc(CC)c(C(C)=O)s1. The van der Waals surface area contributed by atoms with Crippen molar-refractivity contribution in [3.63, 3.8) is 0 Å². The van der Waals surface area contributed by atoms with E-state index < -0.39 is 0 Å². The highest BCUT2D eigenvalue weighted by molar-refractivity contribution is 7.14. The van der Waals surface area contributed by atoms with Crippen LogP contribution in [0, 0.1) is 17.8 Å². The van der Waals surface area contributed by atoms with Gasteiger partial charge in [-0.25, -0.2) is 0 Å². The molecule has 0 aliphatic carbocycles. The van der Waals surface area contributed by atoms with Crippen molar-refractivity contribution in [2.75, 3.05) is 0 Å². The van der Waals surface area contributed by atoms with E-state index in [-0.39, 0.29) is 5.78 Å². The van der Waals surface area contributed by atoms with Gasteiger partial charge in [0.2, 0.25) is 0 Å². The van der Waals surface area contributed by atoms with E-state index in [1.165, 1.54) is 17.8 Å². The molecule has 2 heteroatoms. The van der Waals surface area contributed by atoms with Crippen LogP contribution >= 0.6 is 11.3 Å². The number of rotatable bonds is 4. The number of hydrogen-bond acceptors (Lipinski definition) is 2. The average molecular weight is 248 g/mol. The fraction of sp³-hybridized carbons (Fsp3) is 0.533. The van der Waals surface area contributed by atoms with Gasteiger partial charge in [0, 0.05) is 5.92 Å². The number of aryl methyl sites for hydroxylation is 1. The molecule has 1 rings (SSSR count). The third-order valence-electron chi connectivity index (χ3n) is 2.67. The first-order valence-corrected chi connectivity index (χ1v) is 7.05. The van der Waals surface area contributed by atoms with Gasteiger partial charge in [0.15, 0.2) is 5.78 Å². The maximum absolute atomic E-state index is 11.4. The average Bonchev–Trinajstić information content (AvgIpc) is 2.70. The minimum Gasteiger partial charge on any atom is -0.294 e. The summed E-state index contributed by atoms with van der Waals surface area (Å²) in [5.74, 6) is 7.04. The quantitative estimate of drug-likeness (QED) is 0.573. The van der Waals surface area contributed by atoms with Gasteiger partial charge in [0.25, 0.3) is 0 Å². The predicted octanol–water partition coefficient (Wildman–Crippen LogP) is 4.30. The van der Waals surface area contributed by atoms with Crippen LogP contribution in [0.2, 0.25) is 0 Å². The molecule has 0 bridgehead atoms. The summed E-state index contributed by atoms with van der Waals surface area (Å²) in [6.45, 7) is 8.02. The summed E-state index contributed by atoms with van der Waals surface area (Å²) in [6.07, 6.45) is 3.20. The smallest absolute Gasteiger partial charge is 0.170 e. The molecule has 0 amide bonds. The summed E-state index contributed by atoms with van der Waals surface area (Å²) in [5, 5.41) is 0. The topological polar surface area (TPSA) is 17.1 Å². The number of carbonyl (C=O) groups excluding carboxylic acids is 1. The number of hydrogen-bond donors (Lipinski definition) is 0. The molecule has 0 aliphatic heterocycles. The van der Waals surface area contributed by atoms with Crippen LogP contribution in [0.5, 0.6) is 0 Å². The number of thiophene rings is 1. The standard InChI is InChI=1S/C15H20OS/c1-5-7-11(3)8-9-14-10-13(6-2)15(17-14)12(4)16/h10-11H,5-7H2,1-4H3. The maximum atomic E-state index is 11.4. The lowest BCUT2D eigenvalue weighted by atomic mass is 10.1. The van der Waals surface area contributed by atoms with Crippen LogP contribution in [0.3, 0.4) is 0 Å². The third-order valence-corrected chi connectivity index (χ3v) is 3.87. The molecule has 0 radical (unpaired) electrons. The van der Waals surface area contributed by atoms with Crippen molar-refractivity contribution in [3.05, 3.63) is 21.4 Å². The lowest BCUT2D eigenvalue weighted by Crippen LogP contribution is -1.91. The molecule has 0 aliphatic rings. The van der Waals surface area contributed by atoms with Gasteiger partial charge in [-0.15, -0.1) is 11.3 Å². The minimum absolute atomic E-state index is 0.154. The van der Waals surface area contributed by atoms with Crippen molar-refractivity contribution in [2.45, 2.75) is 47.0 Å². The Hall–Kier alpha value is -1.07. The minimum atomic E-state index is 0.154. The van der Waals surface area contributed by atoms with Gasteiger partial charge in [-0.3, -0.25) is 4.79 Å². The predicted molar refractivity (Wildman–Crippen MR) is 74.7 cm³/mol. The Kier molecular flexibility index (Phi) is 5.44. The second-order valence-corrected chi connectivity index (χ2v) is 5.39. The molecule has 0 fully saturated rings. The van der Waals surface area contributed by atoms with E-state index in [9.17, 15) is 4.79 Å². The Morgan fingerprint density at radius 2 is 2.18 bits per heavy atom. The van der Waals surface area contributed by atoms with Gasteiger partial charge in [-0.2, -0.15) is 0 Å². The van der Waals surface area contributed by atoms with E-state index in [0.29, 0.717) is 5.92 Å². The van der Waals surface area contributed by atoms with Crippen molar-refractivity contribution in [3.8, 4) is 11.8 Å². The van der Waals surface area contributed by atoms with Crippen LogP contribution in [0.25, 0.3) is 0 Å². The second-order valence-electron chi connectivity index (χ2n) is 4.33. The van der Waals surface area contributed by atoms with Crippen LogP contribution < -0.4 is 0 Å². The van der Waals surface area contributed by atoms with Gasteiger partial charge >= 0.3 is 0 Å². The van der Waals surface area contributed by atoms with E-state index in [4.69, 9.17) is 0 Å². The fourth-order valence-electron chi connectivity index (χ4n) is 1.75. The second kappa shape index (κ2) is 6.61. The van der Waals surface area contributed by atoms with Crippen molar-refractivity contribution in [1.29, 1.82) is 0 Å². The normalized spacial score (nSPS) is 11.8. The summed E-state index contributed by atoms with van der Waals surface area (Å²) < 4.78 is 0. The molecular weight excluding hydrogens is 228 g/mol. The summed E-state index contributed by atoms with van der Waals surface area (Å²) in [5.41, 5.74) is 1.13. The zero-order valence-corrected chi connectivity index (χ0v) is 11.9. The number of carbonyl (C=O) groups is 1. The molecule has 0 saturated carbocycles. The zero-order chi connectivity index (χ0) is 12.8. The van der Waals surface area contributed by atoms with E-state index in [1.807, 2.05) is 0 Å². The molecule has 0 N–H and O–H groups in total. The van der Waals surface area contributed by atoms with Crippen LogP contribution in [0.1, 0.15) is 60.6 Å². The lowest BCUT2D eigenvalue weighted by Gasteiger charge is -1.97. The molecule has 1 aromatic rings. The van der Waals surface area contributed by atoms with Crippen LogP contribution in [0.4, 0.5) is 0 Å². The summed E-state index contributed by atoms with van der Waals surface area (Å²) in [4.78, 5) is 13.3. The molecule has 1 nitrogen and oxygen atoms in total. The van der Waals surface area contributed by atoms with Gasteiger partial charge < -0.3 is 0 Å². The number of ketones is 1. The lowest BCUT2D eigenvalue weighted by molar-refractivity contribution is 0.102. The Balaban J connectivity index is 2.89. The highest BCUT2D eigenvalue weighted by atomic mass is 32.1. The fourth-order valence-corrected chi connectivity index (χ4v) is 2.76. The summed E-state index contributed by atoms with van der Waals surface area (Å²) in [6, 6.07) is 2.06. The first kappa shape index (κ1) is 14.0. The van der Waals surface area contributed by atoms with Crippen LogP contribution in [0.15, 0.2) is 6.07 Å². The summed E-state index contributed by atoms with van der Waals surface area (Å²) >= 11 is 1.53.